The van der Waals surface area contributed by atoms with Gasteiger partial charge in [-0.3, -0.25) is 0 Å². The number of benzene rings is 2. The Hall–Kier alpha value is -1.80. The van der Waals surface area contributed by atoms with Crippen molar-refractivity contribution in [3.05, 3.63) is 64.7 Å². The van der Waals surface area contributed by atoms with Crippen LogP contribution in [0.4, 0.5) is 0 Å². The molecule has 0 heterocycles. The average Bonchev–Trinajstić information content (AvgIpc) is 3.22. The first-order valence-corrected chi connectivity index (χ1v) is 7.53. The lowest BCUT2D eigenvalue weighted by atomic mass is 9.86. The highest BCUT2D eigenvalue weighted by Crippen LogP contribution is 2.34. The third-order valence-electron chi connectivity index (χ3n) is 4.01. The Morgan fingerprint density at radius 3 is 2.29 bits per heavy atom. The van der Waals surface area contributed by atoms with Gasteiger partial charge in [-0.2, -0.15) is 0 Å². The molecule has 1 aliphatic carbocycles. The maximum Gasteiger partial charge on any atom is 0.120 e. The molecule has 1 unspecified atom stereocenters. The summed E-state index contributed by atoms with van der Waals surface area (Å²) in [7, 11) is 0. The van der Waals surface area contributed by atoms with Crippen LogP contribution < -0.4 is 4.74 Å². The van der Waals surface area contributed by atoms with Crippen LogP contribution in [0.1, 0.15) is 42.0 Å². The van der Waals surface area contributed by atoms with E-state index in [1.54, 1.807) is 0 Å². The van der Waals surface area contributed by atoms with E-state index in [1.807, 2.05) is 43.3 Å². The van der Waals surface area contributed by atoms with Crippen molar-refractivity contribution in [3.63, 3.8) is 0 Å². The molecule has 2 aromatic carbocycles. The van der Waals surface area contributed by atoms with Crippen LogP contribution >= 0.6 is 0 Å². The largest absolute Gasteiger partial charge is 0.490 e. The zero-order valence-electron chi connectivity index (χ0n) is 12.9. The van der Waals surface area contributed by atoms with E-state index in [1.165, 1.54) is 0 Å². The van der Waals surface area contributed by atoms with Gasteiger partial charge in [0, 0.05) is 0 Å². The van der Waals surface area contributed by atoms with Gasteiger partial charge in [0.05, 0.1) is 6.10 Å². The van der Waals surface area contributed by atoms with E-state index in [9.17, 15) is 5.11 Å². The van der Waals surface area contributed by atoms with Gasteiger partial charge < -0.3 is 9.84 Å². The molecule has 0 saturated heterocycles. The van der Waals surface area contributed by atoms with Gasteiger partial charge in [0.15, 0.2) is 0 Å². The second kappa shape index (κ2) is 5.19. The fourth-order valence-electron chi connectivity index (χ4n) is 2.67. The molecule has 0 aromatic heterocycles. The van der Waals surface area contributed by atoms with Gasteiger partial charge >= 0.3 is 0 Å². The average molecular weight is 282 g/mol. The van der Waals surface area contributed by atoms with Gasteiger partial charge in [0.1, 0.15) is 11.4 Å². The van der Waals surface area contributed by atoms with Crippen LogP contribution in [0.3, 0.4) is 0 Å². The van der Waals surface area contributed by atoms with E-state index < -0.39 is 5.60 Å². The van der Waals surface area contributed by atoms with Crippen molar-refractivity contribution in [1.29, 1.82) is 0 Å². The zero-order valence-corrected chi connectivity index (χ0v) is 12.9. The molecule has 2 heteroatoms. The van der Waals surface area contributed by atoms with Crippen molar-refractivity contribution in [3.8, 4) is 5.75 Å². The van der Waals surface area contributed by atoms with Crippen molar-refractivity contribution in [2.75, 3.05) is 0 Å². The quantitative estimate of drug-likeness (QED) is 0.914. The van der Waals surface area contributed by atoms with Crippen LogP contribution in [0.25, 0.3) is 0 Å². The monoisotopic (exact) mass is 282 g/mol. The number of hydrogen-bond acceptors (Lipinski definition) is 2. The highest BCUT2D eigenvalue weighted by atomic mass is 16.5. The topological polar surface area (TPSA) is 29.5 Å². The minimum Gasteiger partial charge on any atom is -0.490 e. The Kier molecular flexibility index (Phi) is 3.50. The minimum absolute atomic E-state index is 0.367. The molecule has 0 amide bonds. The Morgan fingerprint density at radius 1 is 1.00 bits per heavy atom. The van der Waals surface area contributed by atoms with Crippen molar-refractivity contribution in [2.45, 2.75) is 45.3 Å². The molecule has 1 saturated carbocycles. The Morgan fingerprint density at radius 2 is 1.67 bits per heavy atom. The van der Waals surface area contributed by atoms with E-state index in [2.05, 4.69) is 19.9 Å². The predicted molar refractivity (Wildman–Crippen MR) is 84.7 cm³/mol. The summed E-state index contributed by atoms with van der Waals surface area (Å²) in [6, 6.07) is 14.0. The van der Waals surface area contributed by atoms with Crippen LogP contribution in [0, 0.1) is 13.8 Å². The van der Waals surface area contributed by atoms with Gasteiger partial charge in [-0.15, -0.1) is 0 Å². The molecule has 1 N–H and O–H groups in total. The summed E-state index contributed by atoms with van der Waals surface area (Å²) in [5.41, 5.74) is 3.10. The van der Waals surface area contributed by atoms with Crippen LogP contribution in [0.2, 0.25) is 0 Å². The molecule has 1 atom stereocenters. The molecule has 3 rings (SSSR count). The number of rotatable bonds is 4. The molecule has 0 radical (unpaired) electrons. The number of aliphatic hydroxyl groups is 1. The highest BCUT2D eigenvalue weighted by molar-refractivity contribution is 5.42. The maximum absolute atomic E-state index is 11.0. The first-order chi connectivity index (χ1) is 9.95. The first kappa shape index (κ1) is 14.2. The molecule has 110 valence electrons. The van der Waals surface area contributed by atoms with E-state index in [0.717, 1.165) is 40.8 Å². The van der Waals surface area contributed by atoms with Crippen molar-refractivity contribution in [2.24, 2.45) is 0 Å². The van der Waals surface area contributed by atoms with E-state index in [0.29, 0.717) is 6.10 Å². The zero-order chi connectivity index (χ0) is 15.0. The first-order valence-electron chi connectivity index (χ1n) is 7.53. The van der Waals surface area contributed by atoms with Crippen LogP contribution in [0.5, 0.6) is 5.75 Å². The molecule has 1 aliphatic rings. The lowest BCUT2D eigenvalue weighted by Crippen LogP contribution is -2.23. The molecular weight excluding hydrogens is 260 g/mol. The Bertz CT molecular complexity index is 634. The third-order valence-corrected chi connectivity index (χ3v) is 4.01. The van der Waals surface area contributed by atoms with E-state index >= 15 is 0 Å². The molecule has 0 bridgehead atoms. The summed E-state index contributed by atoms with van der Waals surface area (Å²) in [4.78, 5) is 0. The summed E-state index contributed by atoms with van der Waals surface area (Å²) in [5, 5.41) is 11.0. The van der Waals surface area contributed by atoms with Crippen LogP contribution in [-0.4, -0.2) is 11.2 Å². The number of aryl methyl sites for hydroxylation is 2. The number of ether oxygens (including phenoxy) is 1. The minimum atomic E-state index is -1.01. The smallest absolute Gasteiger partial charge is 0.120 e. The van der Waals surface area contributed by atoms with Crippen LogP contribution in [0.15, 0.2) is 42.5 Å². The van der Waals surface area contributed by atoms with Gasteiger partial charge in [-0.05, 0) is 56.9 Å². The number of hydrogen-bond donors (Lipinski definition) is 1. The fourth-order valence-corrected chi connectivity index (χ4v) is 2.67. The summed E-state index contributed by atoms with van der Waals surface area (Å²) < 4.78 is 5.83. The molecule has 21 heavy (non-hydrogen) atoms. The summed E-state index contributed by atoms with van der Waals surface area (Å²) in [6.07, 6.45) is 2.64. The molecule has 2 aromatic rings. The molecule has 2 nitrogen and oxygen atoms in total. The summed E-state index contributed by atoms with van der Waals surface area (Å²) in [6.45, 7) is 5.95. The molecule has 1 fully saturated rings. The SMILES string of the molecule is Cc1cc(C)cc(C(C)(O)c2cccc(OC3CC3)c2)c1. The lowest BCUT2D eigenvalue weighted by molar-refractivity contribution is 0.102. The van der Waals surface area contributed by atoms with E-state index in [4.69, 9.17) is 4.74 Å². The van der Waals surface area contributed by atoms with Crippen molar-refractivity contribution < 1.29 is 9.84 Å². The van der Waals surface area contributed by atoms with E-state index in [-0.39, 0.29) is 0 Å². The van der Waals surface area contributed by atoms with Crippen LogP contribution in [-0.2, 0) is 5.60 Å². The van der Waals surface area contributed by atoms with Gasteiger partial charge in [0.2, 0.25) is 0 Å². The molecule has 0 aliphatic heterocycles. The van der Waals surface area contributed by atoms with Gasteiger partial charge in [0.25, 0.3) is 0 Å². The maximum atomic E-state index is 11.0. The summed E-state index contributed by atoms with van der Waals surface area (Å²) >= 11 is 0. The predicted octanol–water partition coefficient (Wildman–Crippen LogP) is 4.10. The van der Waals surface area contributed by atoms with Gasteiger partial charge in [-0.1, -0.05) is 41.5 Å². The Balaban J connectivity index is 1.96. The van der Waals surface area contributed by atoms with Crippen molar-refractivity contribution >= 4 is 0 Å². The van der Waals surface area contributed by atoms with Gasteiger partial charge in [-0.25, -0.2) is 0 Å². The summed E-state index contributed by atoms with van der Waals surface area (Å²) in [5.74, 6) is 0.847. The van der Waals surface area contributed by atoms with Crippen molar-refractivity contribution in [1.82, 2.24) is 0 Å². The fraction of sp³-hybridized carbons (Fsp3) is 0.368. The molecule has 0 spiro atoms. The highest BCUT2D eigenvalue weighted by Gasteiger charge is 2.28. The molecular formula is C19H22O2. The second-order valence-corrected chi connectivity index (χ2v) is 6.29. The lowest BCUT2D eigenvalue weighted by Gasteiger charge is -2.26. The standard InChI is InChI=1S/C19H22O2/c1-13-9-14(2)11-16(10-13)19(3,20)15-5-4-6-18(12-15)21-17-7-8-17/h4-6,9-12,17,20H,7-8H2,1-3H3. The third kappa shape index (κ3) is 3.11. The second-order valence-electron chi connectivity index (χ2n) is 6.29. The Labute approximate surface area is 126 Å². The normalized spacial score (nSPS) is 17.3.